The third-order valence-electron chi connectivity index (χ3n) is 3.64. The number of unbranched alkanes of at least 4 members (excludes halogenated alkanes) is 3. The fraction of sp³-hybridized carbons (Fsp3) is 0.579. The average Bonchev–Trinajstić information content (AvgIpc) is 2.60. The Labute approximate surface area is 163 Å². The molecule has 0 N–H and O–H groups in total. The second kappa shape index (κ2) is 13.0. The molecule has 1 aromatic rings. The average molecular weight is 462 g/mol. The molecular formula is C19H27IO5. The van der Waals surface area contributed by atoms with Crippen LogP contribution in [0.5, 0.6) is 5.75 Å². The van der Waals surface area contributed by atoms with Gasteiger partial charge >= 0.3 is 11.9 Å². The minimum atomic E-state index is -0.304. The molecule has 0 aliphatic heterocycles. The van der Waals surface area contributed by atoms with Crippen LogP contribution < -0.4 is 4.74 Å². The summed E-state index contributed by atoms with van der Waals surface area (Å²) in [6, 6.07) is 5.63. The summed E-state index contributed by atoms with van der Waals surface area (Å²) in [4.78, 5) is 23.3. The molecule has 0 fully saturated rings. The fourth-order valence-corrected chi connectivity index (χ4v) is 3.00. The highest BCUT2D eigenvalue weighted by atomic mass is 127. The van der Waals surface area contributed by atoms with Crippen molar-refractivity contribution in [1.82, 2.24) is 0 Å². The van der Waals surface area contributed by atoms with Gasteiger partial charge in [-0.25, -0.2) is 0 Å². The number of carbonyl (C=O) groups excluding carboxylic acids is 2. The Morgan fingerprint density at radius 2 is 1.72 bits per heavy atom. The number of rotatable bonds is 12. The van der Waals surface area contributed by atoms with E-state index in [1.807, 2.05) is 18.2 Å². The molecule has 0 heterocycles. The highest BCUT2D eigenvalue weighted by molar-refractivity contribution is 14.1. The lowest BCUT2D eigenvalue weighted by molar-refractivity contribution is -0.146. The van der Waals surface area contributed by atoms with Crippen molar-refractivity contribution in [2.45, 2.75) is 58.5 Å². The SMILES string of the molecule is CCCCCCOC(=O)CCCC(=O)OCc1ccc(OC)c(I)c1. The predicted molar refractivity (Wildman–Crippen MR) is 104 cm³/mol. The molecule has 1 aromatic carbocycles. The van der Waals surface area contributed by atoms with Crippen LogP contribution in [0.3, 0.4) is 0 Å². The van der Waals surface area contributed by atoms with Crippen molar-refractivity contribution in [2.24, 2.45) is 0 Å². The van der Waals surface area contributed by atoms with E-state index in [1.165, 1.54) is 0 Å². The fourth-order valence-electron chi connectivity index (χ4n) is 2.20. The third-order valence-corrected chi connectivity index (χ3v) is 4.48. The zero-order valence-electron chi connectivity index (χ0n) is 15.0. The number of hydrogen-bond donors (Lipinski definition) is 0. The van der Waals surface area contributed by atoms with Crippen molar-refractivity contribution in [2.75, 3.05) is 13.7 Å². The summed E-state index contributed by atoms with van der Waals surface area (Å²) in [5, 5.41) is 0. The Morgan fingerprint density at radius 1 is 1.00 bits per heavy atom. The van der Waals surface area contributed by atoms with Crippen molar-refractivity contribution < 1.29 is 23.8 Å². The van der Waals surface area contributed by atoms with Gasteiger partial charge in [0.05, 0.1) is 17.3 Å². The Bertz CT molecular complexity index is 545. The molecule has 0 amide bonds. The molecule has 25 heavy (non-hydrogen) atoms. The number of halogens is 1. The van der Waals surface area contributed by atoms with E-state index in [-0.39, 0.29) is 31.4 Å². The number of benzene rings is 1. The number of methoxy groups -OCH3 is 1. The Morgan fingerprint density at radius 3 is 2.36 bits per heavy atom. The van der Waals surface area contributed by atoms with Crippen LogP contribution in [0.25, 0.3) is 0 Å². The number of hydrogen-bond acceptors (Lipinski definition) is 5. The number of carbonyl (C=O) groups is 2. The summed E-state index contributed by atoms with van der Waals surface area (Å²) in [5.74, 6) is 0.250. The standard InChI is InChI=1S/C19H27IO5/c1-3-4-5-6-12-24-18(21)8-7-9-19(22)25-14-15-10-11-17(23-2)16(20)13-15/h10-11,13H,3-9,12,14H2,1-2H3. The Balaban J connectivity index is 2.14. The van der Waals surface area contributed by atoms with Crippen LogP contribution in [0.1, 0.15) is 57.4 Å². The summed E-state index contributed by atoms with van der Waals surface area (Å²) in [7, 11) is 1.62. The molecule has 0 atom stereocenters. The van der Waals surface area contributed by atoms with E-state index in [0.717, 1.165) is 40.6 Å². The summed E-state index contributed by atoms with van der Waals surface area (Å²) in [5.41, 5.74) is 0.907. The monoisotopic (exact) mass is 462 g/mol. The van der Waals surface area contributed by atoms with E-state index in [2.05, 4.69) is 29.5 Å². The molecule has 0 unspecified atom stereocenters. The van der Waals surface area contributed by atoms with Gasteiger partial charge in [-0.3, -0.25) is 9.59 Å². The van der Waals surface area contributed by atoms with Crippen LogP contribution >= 0.6 is 22.6 Å². The van der Waals surface area contributed by atoms with Crippen LogP contribution in [-0.2, 0) is 25.7 Å². The molecule has 5 nitrogen and oxygen atoms in total. The largest absolute Gasteiger partial charge is 0.496 e. The minimum absolute atomic E-state index is 0.220. The van der Waals surface area contributed by atoms with E-state index in [0.29, 0.717) is 13.0 Å². The first-order valence-corrected chi connectivity index (χ1v) is 9.78. The molecular weight excluding hydrogens is 435 g/mol. The van der Waals surface area contributed by atoms with Crippen molar-refractivity contribution in [1.29, 1.82) is 0 Å². The molecule has 0 radical (unpaired) electrons. The first-order valence-electron chi connectivity index (χ1n) is 8.70. The zero-order valence-corrected chi connectivity index (χ0v) is 17.2. The van der Waals surface area contributed by atoms with Crippen molar-refractivity contribution in [3.8, 4) is 5.75 Å². The van der Waals surface area contributed by atoms with E-state index >= 15 is 0 Å². The predicted octanol–water partition coefficient (Wildman–Crippen LogP) is 4.64. The van der Waals surface area contributed by atoms with Gasteiger partial charge in [-0.1, -0.05) is 32.3 Å². The van der Waals surface area contributed by atoms with E-state index in [4.69, 9.17) is 14.2 Å². The number of esters is 2. The maximum Gasteiger partial charge on any atom is 0.306 e. The van der Waals surface area contributed by atoms with E-state index in [9.17, 15) is 9.59 Å². The smallest absolute Gasteiger partial charge is 0.306 e. The molecule has 0 saturated carbocycles. The van der Waals surface area contributed by atoms with Gasteiger partial charge in [-0.05, 0) is 53.1 Å². The summed E-state index contributed by atoms with van der Waals surface area (Å²) < 4.78 is 16.5. The minimum Gasteiger partial charge on any atom is -0.496 e. The first kappa shape index (κ1) is 21.7. The molecule has 0 bridgehead atoms. The number of ether oxygens (including phenoxy) is 3. The van der Waals surface area contributed by atoms with E-state index in [1.54, 1.807) is 7.11 Å². The highest BCUT2D eigenvalue weighted by Gasteiger charge is 2.08. The quantitative estimate of drug-likeness (QED) is 0.257. The van der Waals surface area contributed by atoms with Gasteiger partial charge in [0.2, 0.25) is 0 Å². The molecule has 0 aliphatic rings. The second-order valence-corrected chi connectivity index (χ2v) is 6.93. The van der Waals surface area contributed by atoms with Gasteiger partial charge in [-0.15, -0.1) is 0 Å². The van der Waals surface area contributed by atoms with Gasteiger partial charge in [0.15, 0.2) is 0 Å². The van der Waals surface area contributed by atoms with Crippen LogP contribution in [0.15, 0.2) is 18.2 Å². The Kier molecular flexibility index (Phi) is 11.3. The van der Waals surface area contributed by atoms with Crippen LogP contribution in [-0.4, -0.2) is 25.7 Å². The lowest BCUT2D eigenvalue weighted by Gasteiger charge is -2.08. The van der Waals surface area contributed by atoms with Crippen LogP contribution in [0, 0.1) is 3.57 Å². The highest BCUT2D eigenvalue weighted by Crippen LogP contribution is 2.22. The van der Waals surface area contributed by atoms with E-state index < -0.39 is 0 Å². The normalized spacial score (nSPS) is 10.4. The van der Waals surface area contributed by atoms with Gasteiger partial charge in [0, 0.05) is 12.8 Å². The second-order valence-electron chi connectivity index (χ2n) is 5.76. The summed E-state index contributed by atoms with van der Waals surface area (Å²) in [6.45, 7) is 2.83. The summed E-state index contributed by atoms with van der Waals surface area (Å²) in [6.07, 6.45) is 5.24. The lowest BCUT2D eigenvalue weighted by Crippen LogP contribution is -2.09. The third kappa shape index (κ3) is 9.67. The van der Waals surface area contributed by atoms with Crippen LogP contribution in [0.4, 0.5) is 0 Å². The first-order chi connectivity index (χ1) is 12.1. The van der Waals surface area contributed by atoms with Gasteiger partial charge in [0.25, 0.3) is 0 Å². The molecule has 0 spiro atoms. The molecule has 0 aromatic heterocycles. The zero-order chi connectivity index (χ0) is 18.5. The van der Waals surface area contributed by atoms with Gasteiger partial charge in [-0.2, -0.15) is 0 Å². The molecule has 0 saturated heterocycles. The van der Waals surface area contributed by atoms with Crippen molar-refractivity contribution in [3.05, 3.63) is 27.3 Å². The molecule has 0 aliphatic carbocycles. The maximum absolute atomic E-state index is 11.7. The molecule has 6 heteroatoms. The van der Waals surface area contributed by atoms with Crippen molar-refractivity contribution in [3.63, 3.8) is 0 Å². The maximum atomic E-state index is 11.7. The molecule has 140 valence electrons. The topological polar surface area (TPSA) is 61.8 Å². The van der Waals surface area contributed by atoms with Crippen LogP contribution in [0.2, 0.25) is 0 Å². The van der Waals surface area contributed by atoms with Gasteiger partial charge in [0.1, 0.15) is 12.4 Å². The summed E-state index contributed by atoms with van der Waals surface area (Å²) >= 11 is 2.17. The lowest BCUT2D eigenvalue weighted by atomic mass is 10.2. The van der Waals surface area contributed by atoms with Gasteiger partial charge < -0.3 is 14.2 Å². The van der Waals surface area contributed by atoms with Crippen molar-refractivity contribution >= 4 is 34.5 Å². The Hall–Kier alpha value is -1.31. The molecule has 1 rings (SSSR count).